The van der Waals surface area contributed by atoms with E-state index in [2.05, 4.69) is 43.9 Å². The van der Waals surface area contributed by atoms with Crippen molar-refractivity contribution >= 4 is 5.97 Å². The van der Waals surface area contributed by atoms with Gasteiger partial charge in [0.1, 0.15) is 6.10 Å². The van der Waals surface area contributed by atoms with Gasteiger partial charge in [-0.15, -0.1) is 0 Å². The topological polar surface area (TPSA) is 68.2 Å². The van der Waals surface area contributed by atoms with Gasteiger partial charge in [0.2, 0.25) is 0 Å². The van der Waals surface area contributed by atoms with Crippen molar-refractivity contribution in [1.82, 2.24) is 4.90 Å². The van der Waals surface area contributed by atoms with Gasteiger partial charge in [-0.05, 0) is 55.4 Å². The minimum atomic E-state index is -0.564. The van der Waals surface area contributed by atoms with Crippen LogP contribution in [-0.4, -0.2) is 55.0 Å². The van der Waals surface area contributed by atoms with Gasteiger partial charge in [-0.3, -0.25) is 9.69 Å². The van der Waals surface area contributed by atoms with Crippen molar-refractivity contribution in [2.75, 3.05) is 20.8 Å². The molecule has 1 aromatic carbocycles. The van der Waals surface area contributed by atoms with Crippen molar-refractivity contribution in [2.24, 2.45) is 23.2 Å². The highest BCUT2D eigenvalue weighted by molar-refractivity contribution is 5.76. The number of allylic oxidation sites excluding steroid dienone is 1. The summed E-state index contributed by atoms with van der Waals surface area (Å²) in [7, 11) is 3.32. The molecular weight excluding hydrogens is 418 g/mol. The molecule has 0 amide bonds. The van der Waals surface area contributed by atoms with Gasteiger partial charge < -0.3 is 19.3 Å². The number of hydrogen-bond acceptors (Lipinski definition) is 6. The van der Waals surface area contributed by atoms with Gasteiger partial charge in [-0.1, -0.05) is 25.5 Å². The number of methoxy groups -OCH3 is 2. The van der Waals surface area contributed by atoms with Crippen molar-refractivity contribution in [1.29, 1.82) is 0 Å². The number of carbonyl (C=O) groups is 1. The average Bonchev–Trinajstić information content (AvgIpc) is 3.10. The summed E-state index contributed by atoms with van der Waals surface area (Å²) >= 11 is 0. The summed E-state index contributed by atoms with van der Waals surface area (Å²) in [5.74, 6) is 1.27. The lowest BCUT2D eigenvalue weighted by molar-refractivity contribution is -0.145. The zero-order valence-electron chi connectivity index (χ0n) is 20.5. The van der Waals surface area contributed by atoms with Gasteiger partial charge in [-0.25, -0.2) is 0 Å². The van der Waals surface area contributed by atoms with Crippen LogP contribution in [0.15, 0.2) is 23.8 Å². The number of aliphatic hydroxyl groups is 1. The van der Waals surface area contributed by atoms with Gasteiger partial charge >= 0.3 is 5.97 Å². The Labute approximate surface area is 196 Å². The lowest BCUT2D eigenvalue weighted by atomic mass is 9.55. The van der Waals surface area contributed by atoms with Crippen LogP contribution in [0.5, 0.6) is 11.5 Å². The third-order valence-electron chi connectivity index (χ3n) is 9.22. The molecule has 33 heavy (non-hydrogen) atoms. The molecule has 2 aliphatic heterocycles. The first-order valence-corrected chi connectivity index (χ1v) is 12.3. The van der Waals surface area contributed by atoms with Gasteiger partial charge in [0.05, 0.1) is 26.2 Å². The third-order valence-corrected chi connectivity index (χ3v) is 9.22. The zero-order valence-corrected chi connectivity index (χ0v) is 20.5. The lowest BCUT2D eigenvalue weighted by Gasteiger charge is -2.52. The van der Waals surface area contributed by atoms with E-state index < -0.39 is 6.10 Å². The van der Waals surface area contributed by atoms with Crippen molar-refractivity contribution in [3.63, 3.8) is 0 Å². The summed E-state index contributed by atoms with van der Waals surface area (Å²) in [5.41, 5.74) is 3.48. The number of rotatable bonds is 4. The van der Waals surface area contributed by atoms with Gasteiger partial charge in [0.25, 0.3) is 0 Å². The van der Waals surface area contributed by atoms with E-state index in [0.29, 0.717) is 12.5 Å². The number of aliphatic hydroxyl groups excluding tert-OH is 1. The number of esters is 1. The minimum Gasteiger partial charge on any atom is -0.493 e. The fourth-order valence-corrected chi connectivity index (χ4v) is 6.89. The molecule has 2 heterocycles. The van der Waals surface area contributed by atoms with E-state index in [1.165, 1.54) is 16.7 Å². The van der Waals surface area contributed by atoms with Crippen LogP contribution in [0.3, 0.4) is 0 Å². The molecule has 0 bridgehead atoms. The SMILES string of the molecule is COc1cc2c(cc1OC)CN(C[C@H]1C(=O)O[C@@H]3CC4=CCC[C@@H](C)[C@@]4(C)[C@@H](O)[C@@H]31)[C@@H](C)C2. The molecular formula is C27H37NO5. The molecule has 6 nitrogen and oxygen atoms in total. The van der Waals surface area contributed by atoms with Crippen LogP contribution in [0.4, 0.5) is 0 Å². The monoisotopic (exact) mass is 455 g/mol. The Hall–Kier alpha value is -2.05. The van der Waals surface area contributed by atoms with E-state index in [-0.39, 0.29) is 35.4 Å². The highest BCUT2D eigenvalue weighted by Crippen LogP contribution is 2.56. The quantitative estimate of drug-likeness (QED) is 0.551. The summed E-state index contributed by atoms with van der Waals surface area (Å²) in [6, 6.07) is 4.41. The first-order chi connectivity index (χ1) is 15.8. The molecule has 0 aromatic heterocycles. The molecule has 2 fully saturated rings. The predicted molar refractivity (Wildman–Crippen MR) is 125 cm³/mol. The highest BCUT2D eigenvalue weighted by atomic mass is 16.6. The van der Waals surface area contributed by atoms with E-state index in [9.17, 15) is 9.90 Å². The molecule has 1 N–H and O–H groups in total. The predicted octanol–water partition coefficient (Wildman–Crippen LogP) is 3.74. The molecule has 0 unspecified atom stereocenters. The summed E-state index contributed by atoms with van der Waals surface area (Å²) < 4.78 is 16.9. The third kappa shape index (κ3) is 3.48. The Balaban J connectivity index is 1.40. The van der Waals surface area contributed by atoms with E-state index in [1.54, 1.807) is 14.2 Å². The number of nitrogens with zero attached hydrogens (tertiary/aromatic N) is 1. The molecule has 6 heteroatoms. The number of fused-ring (bicyclic) bond motifs is 3. The number of carbonyl (C=O) groups excluding carboxylic acids is 1. The molecule has 2 aliphatic carbocycles. The Bertz CT molecular complexity index is 974. The molecule has 0 radical (unpaired) electrons. The smallest absolute Gasteiger partial charge is 0.311 e. The van der Waals surface area contributed by atoms with Gasteiger partial charge in [-0.2, -0.15) is 0 Å². The maximum absolute atomic E-state index is 13.1. The van der Waals surface area contributed by atoms with Crippen molar-refractivity contribution in [3.05, 3.63) is 34.9 Å². The first kappa shape index (κ1) is 22.7. The standard InChI is InChI=1S/C27H37NO5/c1-15-7-6-8-19-12-23-24(25(29)27(15,19)3)20(26(30)33-23)14-28-13-18-11-22(32-5)21(31-4)10-17(18)9-16(28)2/h8,10-11,15-16,20,23-25,29H,6-7,9,12-14H2,1-5H3/t15-,16+,20-,23-,24-,25+,27-/m1/s1. The summed E-state index contributed by atoms with van der Waals surface area (Å²) in [6.07, 6.45) is 5.29. The van der Waals surface area contributed by atoms with Crippen LogP contribution in [0.2, 0.25) is 0 Å². The van der Waals surface area contributed by atoms with E-state index >= 15 is 0 Å². The van der Waals surface area contributed by atoms with Crippen LogP contribution in [0.1, 0.15) is 51.2 Å². The zero-order chi connectivity index (χ0) is 23.5. The van der Waals surface area contributed by atoms with Crippen LogP contribution in [-0.2, 0) is 22.5 Å². The normalized spacial score (nSPS) is 38.0. The molecule has 1 saturated heterocycles. The van der Waals surface area contributed by atoms with Crippen molar-refractivity contribution in [2.45, 2.75) is 71.2 Å². The van der Waals surface area contributed by atoms with Crippen LogP contribution in [0.25, 0.3) is 0 Å². The van der Waals surface area contributed by atoms with E-state index in [4.69, 9.17) is 14.2 Å². The molecule has 4 aliphatic rings. The number of ether oxygens (including phenoxy) is 3. The Morgan fingerprint density at radius 1 is 1.15 bits per heavy atom. The fourth-order valence-electron chi connectivity index (χ4n) is 6.89. The molecule has 1 saturated carbocycles. The maximum atomic E-state index is 13.1. The molecule has 1 aromatic rings. The molecule has 7 atom stereocenters. The average molecular weight is 456 g/mol. The molecule has 180 valence electrons. The molecule has 5 rings (SSSR count). The fraction of sp³-hybridized carbons (Fsp3) is 0.667. The van der Waals surface area contributed by atoms with Crippen molar-refractivity contribution < 1.29 is 24.1 Å². The number of hydrogen-bond donors (Lipinski definition) is 1. The van der Waals surface area contributed by atoms with Crippen molar-refractivity contribution in [3.8, 4) is 11.5 Å². The van der Waals surface area contributed by atoms with Gasteiger partial charge in [0, 0.05) is 36.9 Å². The second kappa shape index (κ2) is 8.31. The second-order valence-corrected chi connectivity index (χ2v) is 10.8. The van der Waals surface area contributed by atoms with Gasteiger partial charge in [0.15, 0.2) is 11.5 Å². The Morgan fingerprint density at radius 3 is 2.55 bits per heavy atom. The van der Waals surface area contributed by atoms with Crippen LogP contribution in [0, 0.1) is 23.2 Å². The maximum Gasteiger partial charge on any atom is 0.311 e. The van der Waals surface area contributed by atoms with Crippen LogP contribution < -0.4 is 9.47 Å². The van der Waals surface area contributed by atoms with E-state index in [1.807, 2.05) is 0 Å². The van der Waals surface area contributed by atoms with E-state index in [0.717, 1.165) is 43.7 Å². The Morgan fingerprint density at radius 2 is 1.85 bits per heavy atom. The number of benzene rings is 1. The molecule has 0 spiro atoms. The summed E-state index contributed by atoms with van der Waals surface area (Å²) in [4.78, 5) is 15.4. The minimum absolute atomic E-state index is 0.148. The Kier molecular flexibility index (Phi) is 5.73. The largest absolute Gasteiger partial charge is 0.493 e. The lowest BCUT2D eigenvalue weighted by Crippen LogP contribution is -2.55. The highest BCUT2D eigenvalue weighted by Gasteiger charge is 2.60. The summed E-state index contributed by atoms with van der Waals surface area (Å²) in [5, 5.41) is 11.6. The summed E-state index contributed by atoms with van der Waals surface area (Å²) in [6.45, 7) is 8.00. The van der Waals surface area contributed by atoms with Crippen LogP contribution >= 0.6 is 0 Å². The second-order valence-electron chi connectivity index (χ2n) is 10.8. The first-order valence-electron chi connectivity index (χ1n) is 12.3.